The van der Waals surface area contributed by atoms with Gasteiger partial charge in [-0.05, 0) is 90.4 Å². The van der Waals surface area contributed by atoms with Crippen LogP contribution in [0.5, 0.6) is 40.2 Å². The lowest BCUT2D eigenvalue weighted by atomic mass is 10.0. The summed E-state index contributed by atoms with van der Waals surface area (Å²) >= 11 is 0. The molecule has 0 aliphatic heterocycles. The van der Waals surface area contributed by atoms with Gasteiger partial charge in [-0.2, -0.15) is 0 Å². The van der Waals surface area contributed by atoms with Crippen molar-refractivity contribution in [2.75, 3.05) is 35.5 Å². The highest BCUT2D eigenvalue weighted by Gasteiger charge is 2.16. The van der Waals surface area contributed by atoms with Crippen molar-refractivity contribution in [3.63, 3.8) is 0 Å². The maximum absolute atomic E-state index is 6.43. The van der Waals surface area contributed by atoms with E-state index in [1.54, 1.807) is 35.5 Å². The Kier molecular flexibility index (Phi) is 9.57. The lowest BCUT2D eigenvalue weighted by Gasteiger charge is -2.17. The molecule has 4 aromatic carbocycles. The molecule has 4 aromatic rings. The molecule has 39 heavy (non-hydrogen) atoms. The fourth-order valence-corrected chi connectivity index (χ4v) is 4.51. The van der Waals surface area contributed by atoms with Crippen LogP contribution < -0.4 is 28.4 Å². The summed E-state index contributed by atoms with van der Waals surface area (Å²) in [6.45, 7) is 0. The summed E-state index contributed by atoms with van der Waals surface area (Å²) in [5.41, 5.74) is 4.55. The number of rotatable bonds is 13. The first-order valence-electron chi connectivity index (χ1n) is 12.9. The Hall–Kier alpha value is -4.32. The average molecular weight is 529 g/mol. The second kappa shape index (κ2) is 13.5. The topological polar surface area (TPSA) is 55.4 Å². The van der Waals surface area contributed by atoms with Crippen molar-refractivity contribution in [3.8, 4) is 40.2 Å². The molecule has 0 aliphatic carbocycles. The van der Waals surface area contributed by atoms with E-state index in [0.29, 0.717) is 23.0 Å². The SMILES string of the molecule is COc1cccc(CCc2ccc(OC)c(Oc3cc(CCc4cccc(OC)c4)c(OC)cc3OC)c2)c1. The number of ether oxygens (including phenoxy) is 6. The van der Waals surface area contributed by atoms with Crippen molar-refractivity contribution >= 4 is 0 Å². The van der Waals surface area contributed by atoms with Gasteiger partial charge in [-0.15, -0.1) is 0 Å². The summed E-state index contributed by atoms with van der Waals surface area (Å²) in [4.78, 5) is 0. The van der Waals surface area contributed by atoms with Crippen molar-refractivity contribution in [2.45, 2.75) is 25.7 Å². The van der Waals surface area contributed by atoms with Gasteiger partial charge in [0.1, 0.15) is 17.2 Å². The number of hydrogen-bond acceptors (Lipinski definition) is 6. The van der Waals surface area contributed by atoms with Crippen LogP contribution in [0.1, 0.15) is 22.3 Å². The predicted octanol–water partition coefficient (Wildman–Crippen LogP) is 7.09. The first kappa shape index (κ1) is 27.7. The van der Waals surface area contributed by atoms with Crippen LogP contribution in [0.15, 0.2) is 78.9 Å². The van der Waals surface area contributed by atoms with E-state index in [1.165, 1.54) is 11.1 Å². The van der Waals surface area contributed by atoms with Crippen molar-refractivity contribution in [3.05, 3.63) is 101 Å². The Bertz CT molecular complexity index is 1380. The number of benzene rings is 4. The minimum atomic E-state index is 0.584. The lowest BCUT2D eigenvalue weighted by Crippen LogP contribution is -2.00. The predicted molar refractivity (Wildman–Crippen MR) is 153 cm³/mol. The molecule has 0 atom stereocenters. The van der Waals surface area contributed by atoms with Gasteiger partial charge in [0, 0.05) is 6.07 Å². The summed E-state index contributed by atoms with van der Waals surface area (Å²) in [6, 6.07) is 26.1. The number of aryl methyl sites for hydroxylation is 4. The molecule has 0 saturated heterocycles. The number of methoxy groups -OCH3 is 5. The van der Waals surface area contributed by atoms with Gasteiger partial charge in [0.25, 0.3) is 0 Å². The Labute approximate surface area is 231 Å². The standard InChI is InChI=1S/C33H36O6/c1-34-27-10-6-8-23(18-27)12-13-25-15-17-29(36-3)32(20-25)39-33-21-26(30(37-4)22-31(33)38-5)16-14-24-9-7-11-28(19-24)35-2/h6-11,15,17-22H,12-14,16H2,1-5H3. The smallest absolute Gasteiger partial charge is 0.170 e. The maximum atomic E-state index is 6.43. The Morgan fingerprint density at radius 1 is 0.410 bits per heavy atom. The summed E-state index contributed by atoms with van der Waals surface area (Å²) in [6.07, 6.45) is 3.30. The van der Waals surface area contributed by atoms with Crippen LogP contribution in [0.3, 0.4) is 0 Å². The third kappa shape index (κ3) is 7.17. The van der Waals surface area contributed by atoms with Crippen molar-refractivity contribution in [1.29, 1.82) is 0 Å². The van der Waals surface area contributed by atoms with E-state index in [4.69, 9.17) is 28.4 Å². The quantitative estimate of drug-likeness (QED) is 0.185. The van der Waals surface area contributed by atoms with E-state index in [-0.39, 0.29) is 0 Å². The van der Waals surface area contributed by atoms with Crippen LogP contribution in [0.25, 0.3) is 0 Å². The minimum absolute atomic E-state index is 0.584. The highest BCUT2D eigenvalue weighted by Crippen LogP contribution is 2.41. The van der Waals surface area contributed by atoms with Gasteiger partial charge in [0.15, 0.2) is 23.0 Å². The summed E-state index contributed by atoms with van der Waals surface area (Å²) < 4.78 is 34.1. The van der Waals surface area contributed by atoms with E-state index in [2.05, 4.69) is 30.3 Å². The third-order valence-corrected chi connectivity index (χ3v) is 6.67. The van der Waals surface area contributed by atoms with Crippen LogP contribution in [0.2, 0.25) is 0 Å². The zero-order valence-corrected chi connectivity index (χ0v) is 23.3. The molecule has 0 aromatic heterocycles. The molecule has 0 saturated carbocycles. The Balaban J connectivity index is 1.57. The van der Waals surface area contributed by atoms with E-state index < -0.39 is 0 Å². The van der Waals surface area contributed by atoms with Gasteiger partial charge >= 0.3 is 0 Å². The molecule has 6 heteroatoms. The largest absolute Gasteiger partial charge is 0.497 e. The third-order valence-electron chi connectivity index (χ3n) is 6.67. The zero-order valence-electron chi connectivity index (χ0n) is 23.3. The summed E-state index contributed by atoms with van der Waals surface area (Å²) in [5.74, 6) is 4.92. The van der Waals surface area contributed by atoms with Crippen molar-refractivity contribution in [2.24, 2.45) is 0 Å². The molecule has 0 unspecified atom stereocenters. The van der Waals surface area contributed by atoms with Crippen LogP contribution >= 0.6 is 0 Å². The van der Waals surface area contributed by atoms with Crippen LogP contribution in [-0.2, 0) is 25.7 Å². The van der Waals surface area contributed by atoms with E-state index in [1.807, 2.05) is 48.5 Å². The molecule has 0 bridgehead atoms. The first-order chi connectivity index (χ1) is 19.1. The van der Waals surface area contributed by atoms with Gasteiger partial charge in [0.2, 0.25) is 0 Å². The summed E-state index contributed by atoms with van der Waals surface area (Å²) in [7, 11) is 8.29. The molecule has 6 nitrogen and oxygen atoms in total. The fraction of sp³-hybridized carbons (Fsp3) is 0.273. The normalized spacial score (nSPS) is 10.6. The minimum Gasteiger partial charge on any atom is -0.497 e. The van der Waals surface area contributed by atoms with E-state index in [9.17, 15) is 0 Å². The monoisotopic (exact) mass is 528 g/mol. The molecule has 0 aliphatic rings. The highest BCUT2D eigenvalue weighted by atomic mass is 16.5. The molecule has 0 heterocycles. The van der Waals surface area contributed by atoms with Crippen LogP contribution in [0.4, 0.5) is 0 Å². The van der Waals surface area contributed by atoms with E-state index >= 15 is 0 Å². The van der Waals surface area contributed by atoms with Crippen molar-refractivity contribution < 1.29 is 28.4 Å². The summed E-state index contributed by atoms with van der Waals surface area (Å²) in [5, 5.41) is 0. The van der Waals surface area contributed by atoms with Gasteiger partial charge in [-0.25, -0.2) is 0 Å². The molecule has 204 valence electrons. The second-order valence-electron chi connectivity index (χ2n) is 9.11. The molecule has 0 spiro atoms. The highest BCUT2D eigenvalue weighted by molar-refractivity contribution is 5.54. The maximum Gasteiger partial charge on any atom is 0.170 e. The molecule has 0 radical (unpaired) electrons. The molecule has 0 fully saturated rings. The molecule has 0 N–H and O–H groups in total. The zero-order chi connectivity index (χ0) is 27.6. The van der Waals surface area contributed by atoms with Gasteiger partial charge in [-0.3, -0.25) is 0 Å². The average Bonchev–Trinajstić information content (AvgIpc) is 2.99. The van der Waals surface area contributed by atoms with Crippen molar-refractivity contribution in [1.82, 2.24) is 0 Å². The van der Waals surface area contributed by atoms with Gasteiger partial charge in [0.05, 0.1) is 35.5 Å². The number of hydrogen-bond donors (Lipinski definition) is 0. The first-order valence-corrected chi connectivity index (χ1v) is 12.9. The molecule has 0 amide bonds. The molecule has 4 rings (SSSR count). The molecular formula is C33H36O6. The van der Waals surface area contributed by atoms with Crippen LogP contribution in [-0.4, -0.2) is 35.5 Å². The van der Waals surface area contributed by atoms with E-state index in [0.717, 1.165) is 54.1 Å². The van der Waals surface area contributed by atoms with Gasteiger partial charge < -0.3 is 28.4 Å². The fourth-order valence-electron chi connectivity index (χ4n) is 4.51. The van der Waals surface area contributed by atoms with Crippen LogP contribution in [0, 0.1) is 0 Å². The van der Waals surface area contributed by atoms with Gasteiger partial charge in [-0.1, -0.05) is 30.3 Å². The lowest BCUT2D eigenvalue weighted by molar-refractivity contribution is 0.350. The molecular weight excluding hydrogens is 492 g/mol. The second-order valence-corrected chi connectivity index (χ2v) is 9.11. The Morgan fingerprint density at radius 2 is 0.949 bits per heavy atom. The Morgan fingerprint density at radius 3 is 1.51 bits per heavy atom.